The fraction of sp³-hybridized carbons (Fsp3) is 0.0702. The molecule has 3 aliphatic rings. The number of nitrogens with one attached hydrogen (secondary N) is 1. The maximum Gasteiger partial charge on any atom is 0.143 e. The third-order valence-corrected chi connectivity index (χ3v) is 12.4. The second-order valence-corrected chi connectivity index (χ2v) is 15.8. The quantitative estimate of drug-likeness (QED) is 0.0734. The summed E-state index contributed by atoms with van der Waals surface area (Å²) in [5.41, 5.74) is 19.9. The maximum absolute atomic E-state index is 6.32. The number of nitrogens with two attached hydrogens (primary N) is 1. The second-order valence-electron chi connectivity index (χ2n) is 15.8. The Hall–Kier alpha value is -7.33. The lowest BCUT2D eigenvalue weighted by Crippen LogP contribution is -2.31. The number of nitrogens with zero attached hydrogens (tertiary/aromatic N) is 1. The minimum atomic E-state index is -0.547. The summed E-state index contributed by atoms with van der Waals surface area (Å²) in [4.78, 5) is 5.44. The first-order valence-corrected chi connectivity index (χ1v) is 20.7. The lowest BCUT2D eigenvalue weighted by molar-refractivity contribution is 0.767. The van der Waals surface area contributed by atoms with Gasteiger partial charge in [-0.15, -0.1) is 0 Å². The molecule has 0 amide bonds. The van der Waals surface area contributed by atoms with Crippen molar-refractivity contribution in [3.8, 4) is 33.4 Å². The van der Waals surface area contributed by atoms with E-state index in [-0.39, 0.29) is 6.04 Å². The Balaban J connectivity index is 1.08. The topological polar surface area (TPSA) is 50.4 Å². The van der Waals surface area contributed by atoms with Crippen molar-refractivity contribution in [2.45, 2.75) is 23.8 Å². The molecule has 3 nitrogen and oxygen atoms in total. The van der Waals surface area contributed by atoms with Crippen LogP contribution in [-0.4, -0.2) is 5.84 Å². The molecule has 0 heterocycles. The average molecular weight is 772 g/mol. The molecule has 288 valence electrons. The molecule has 0 aliphatic heterocycles. The van der Waals surface area contributed by atoms with E-state index in [4.69, 9.17) is 17.4 Å². The Kier molecular flexibility index (Phi) is 9.73. The van der Waals surface area contributed by atoms with Gasteiger partial charge in [-0.3, -0.25) is 4.99 Å². The van der Waals surface area contributed by atoms with Crippen LogP contribution in [0, 0.1) is 0 Å². The Morgan fingerprint density at radius 2 is 1.25 bits per heavy atom. The fourth-order valence-electron chi connectivity index (χ4n) is 9.50. The van der Waals surface area contributed by atoms with E-state index in [0.29, 0.717) is 11.8 Å². The Morgan fingerprint density at radius 3 is 2.03 bits per heavy atom. The van der Waals surface area contributed by atoms with E-state index >= 15 is 0 Å². The zero-order chi connectivity index (χ0) is 40.5. The van der Waals surface area contributed by atoms with Crippen LogP contribution in [0.4, 0.5) is 0 Å². The fourth-order valence-corrected chi connectivity index (χ4v) is 9.50. The molecular formula is C57H45N3. The first-order valence-electron chi connectivity index (χ1n) is 20.7. The predicted molar refractivity (Wildman–Crippen MR) is 250 cm³/mol. The molecule has 7 aromatic rings. The molecule has 0 saturated carbocycles. The molecule has 0 saturated heterocycles. The van der Waals surface area contributed by atoms with Gasteiger partial charge in [0.15, 0.2) is 0 Å². The van der Waals surface area contributed by atoms with Crippen LogP contribution in [0.15, 0.2) is 235 Å². The van der Waals surface area contributed by atoms with Crippen LogP contribution >= 0.6 is 0 Å². The van der Waals surface area contributed by atoms with Crippen molar-refractivity contribution in [2.75, 3.05) is 0 Å². The van der Waals surface area contributed by atoms with Crippen LogP contribution in [0.25, 0.3) is 39.5 Å². The maximum atomic E-state index is 6.32. The van der Waals surface area contributed by atoms with Crippen molar-refractivity contribution in [1.29, 1.82) is 0 Å². The molecule has 10 rings (SSSR count). The van der Waals surface area contributed by atoms with Crippen LogP contribution in [0.2, 0.25) is 0 Å². The third kappa shape index (κ3) is 6.50. The molecule has 0 fully saturated rings. The standard InChI is InChI=1S/C57H45N3/c1-39-15-8-9-20-44-21-10-12-25-52(44)57(39)53-26-13-11-24-50(53)51-36-35-48(38-54(51)57)47-22-14-23-49(37-47)55(45-31-27-42(28-32-45)40-16-4-2-5-17-40)59-56(60-58)46-33-29-43(30-34-46)41-18-6-3-7-19-41/h2-27,29-38,42,55H,1,28,58H2,(H,59,60)/b15-8-,20-9-. The molecule has 3 heteroatoms. The third-order valence-electron chi connectivity index (χ3n) is 12.4. The predicted octanol–water partition coefficient (Wildman–Crippen LogP) is 13.1. The number of fused-ring (bicyclic) bond motifs is 7. The summed E-state index contributed by atoms with van der Waals surface area (Å²) < 4.78 is 0. The number of aliphatic imine (C=N–C) groups is 1. The number of benzene rings is 7. The Bertz CT molecular complexity index is 2890. The van der Waals surface area contributed by atoms with Gasteiger partial charge < -0.3 is 5.43 Å². The van der Waals surface area contributed by atoms with Crippen molar-refractivity contribution < 1.29 is 0 Å². The van der Waals surface area contributed by atoms with Crippen molar-refractivity contribution in [2.24, 2.45) is 10.8 Å². The molecule has 0 radical (unpaired) electrons. The normalized spacial score (nSPS) is 19.3. The molecular weight excluding hydrogens is 727 g/mol. The van der Waals surface area contributed by atoms with Crippen LogP contribution < -0.4 is 11.3 Å². The molecule has 0 aromatic heterocycles. The van der Waals surface area contributed by atoms with E-state index in [0.717, 1.165) is 45.4 Å². The summed E-state index contributed by atoms with van der Waals surface area (Å²) in [6.45, 7) is 4.78. The number of hydrogen-bond donors (Lipinski definition) is 2. The summed E-state index contributed by atoms with van der Waals surface area (Å²) in [7, 11) is 0. The van der Waals surface area contributed by atoms with Crippen LogP contribution in [0.1, 0.15) is 57.3 Å². The summed E-state index contributed by atoms with van der Waals surface area (Å²) in [5, 5.41) is 0. The summed E-state index contributed by atoms with van der Waals surface area (Å²) in [6, 6.07) is 62.7. The molecule has 0 bridgehead atoms. The van der Waals surface area contributed by atoms with E-state index in [9.17, 15) is 0 Å². The van der Waals surface area contributed by atoms with Crippen molar-refractivity contribution >= 4 is 11.9 Å². The summed E-state index contributed by atoms with van der Waals surface area (Å²) >= 11 is 0. The number of rotatable bonds is 7. The number of hydrazine groups is 1. The van der Waals surface area contributed by atoms with E-state index in [1.807, 2.05) is 6.07 Å². The highest BCUT2D eigenvalue weighted by Crippen LogP contribution is 2.58. The Morgan fingerprint density at radius 1 is 0.600 bits per heavy atom. The molecule has 3 aliphatic carbocycles. The van der Waals surface area contributed by atoms with E-state index < -0.39 is 5.41 Å². The van der Waals surface area contributed by atoms with Gasteiger partial charge in [-0.25, -0.2) is 5.84 Å². The van der Waals surface area contributed by atoms with Crippen LogP contribution in [-0.2, 0) is 5.41 Å². The van der Waals surface area contributed by atoms with Gasteiger partial charge in [0.05, 0.1) is 5.41 Å². The zero-order valence-electron chi connectivity index (χ0n) is 33.4. The van der Waals surface area contributed by atoms with Gasteiger partial charge in [0, 0.05) is 11.5 Å². The lowest BCUT2D eigenvalue weighted by atomic mass is 9.65. The SMILES string of the molecule is C=C1/C=C\C=C/c2ccccc2C12c1ccccc1-c1ccc(-c3cccc(C(N=C(NN)c4ccc(-c5ccccc5)cc4)C4=CCC(c5ccccc5)C=C4)c3)cc12. The van der Waals surface area contributed by atoms with Gasteiger partial charge in [0.25, 0.3) is 0 Å². The smallest absolute Gasteiger partial charge is 0.143 e. The highest BCUT2D eigenvalue weighted by Gasteiger charge is 2.47. The average Bonchev–Trinajstić information content (AvgIpc) is 3.62. The first-order chi connectivity index (χ1) is 29.6. The minimum Gasteiger partial charge on any atom is -0.308 e. The van der Waals surface area contributed by atoms with Gasteiger partial charge in [-0.05, 0) is 96.5 Å². The molecule has 1 spiro atoms. The molecule has 3 N–H and O–H groups in total. The highest BCUT2D eigenvalue weighted by molar-refractivity contribution is 5.99. The van der Waals surface area contributed by atoms with Gasteiger partial charge in [0.2, 0.25) is 0 Å². The summed E-state index contributed by atoms with van der Waals surface area (Å²) in [5.74, 6) is 7.26. The monoisotopic (exact) mass is 771 g/mol. The first kappa shape index (κ1) is 37.0. The minimum absolute atomic E-state index is 0.308. The van der Waals surface area contributed by atoms with E-state index in [1.165, 1.54) is 44.5 Å². The highest BCUT2D eigenvalue weighted by atomic mass is 15.3. The van der Waals surface area contributed by atoms with Crippen LogP contribution in [0.3, 0.4) is 0 Å². The van der Waals surface area contributed by atoms with Gasteiger partial charge in [0.1, 0.15) is 11.9 Å². The Labute approximate surface area is 353 Å². The molecule has 60 heavy (non-hydrogen) atoms. The largest absolute Gasteiger partial charge is 0.308 e. The molecule has 3 unspecified atom stereocenters. The number of allylic oxidation sites excluding steroid dienone is 6. The van der Waals surface area contributed by atoms with Gasteiger partial charge >= 0.3 is 0 Å². The van der Waals surface area contributed by atoms with Crippen LogP contribution in [0.5, 0.6) is 0 Å². The lowest BCUT2D eigenvalue weighted by Gasteiger charge is -2.36. The summed E-state index contributed by atoms with van der Waals surface area (Å²) in [6.07, 6.45) is 16.4. The van der Waals surface area contributed by atoms with Crippen molar-refractivity contribution in [3.05, 3.63) is 269 Å². The molecule has 3 atom stereocenters. The van der Waals surface area contributed by atoms with Gasteiger partial charge in [-0.2, -0.15) is 0 Å². The number of amidine groups is 1. The molecule has 7 aromatic carbocycles. The van der Waals surface area contributed by atoms with Crippen molar-refractivity contribution in [1.82, 2.24) is 5.43 Å². The van der Waals surface area contributed by atoms with E-state index in [2.05, 4.69) is 218 Å². The zero-order valence-corrected chi connectivity index (χ0v) is 33.4. The number of hydrogen-bond acceptors (Lipinski definition) is 2. The van der Waals surface area contributed by atoms with Gasteiger partial charge in [-0.1, -0.05) is 213 Å². The second kappa shape index (κ2) is 15.8. The van der Waals surface area contributed by atoms with E-state index in [1.54, 1.807) is 0 Å². The van der Waals surface area contributed by atoms with Crippen molar-refractivity contribution in [3.63, 3.8) is 0 Å².